The fraction of sp³-hybridized carbons (Fsp3) is 0.600. The van der Waals surface area contributed by atoms with E-state index in [0.717, 1.165) is 5.70 Å². The Bertz CT molecular complexity index is 175. The van der Waals surface area contributed by atoms with E-state index in [4.69, 9.17) is 0 Å². The van der Waals surface area contributed by atoms with Crippen LogP contribution in [0, 0.1) is 5.92 Å². The zero-order chi connectivity index (χ0) is 9.02. The smallest absolute Gasteiger partial charge is 0.0108 e. The van der Waals surface area contributed by atoms with Gasteiger partial charge in [-0.25, -0.2) is 0 Å². The highest BCUT2D eigenvalue weighted by atomic mass is 14.9. The summed E-state index contributed by atoms with van der Waals surface area (Å²) >= 11 is 0. The van der Waals surface area contributed by atoms with E-state index in [0.29, 0.717) is 5.92 Å². The van der Waals surface area contributed by atoms with Crippen molar-refractivity contribution in [1.29, 1.82) is 0 Å². The van der Waals surface area contributed by atoms with Crippen molar-refractivity contribution in [2.75, 3.05) is 0 Å². The lowest BCUT2D eigenvalue weighted by molar-refractivity contribution is 0.738. The van der Waals surface area contributed by atoms with Crippen LogP contribution >= 0.6 is 0 Å². The number of rotatable bonds is 3. The average Bonchev–Trinajstić information content (AvgIpc) is 1.84. The van der Waals surface area contributed by atoms with Crippen LogP contribution in [-0.2, 0) is 0 Å². The normalized spacial score (nSPS) is 12.9. The molecule has 0 aliphatic carbocycles. The number of nitrogens with one attached hydrogen (secondary N) is 1. The standard InChI is InChI=1S/C10H19N/c1-7(2)9(5)10(6)11-8(3)4/h7,11H,3H2,1-2,4-6H3/b10-9-. The van der Waals surface area contributed by atoms with Crippen LogP contribution in [0.2, 0.25) is 0 Å². The van der Waals surface area contributed by atoms with E-state index in [-0.39, 0.29) is 0 Å². The second kappa shape index (κ2) is 4.22. The van der Waals surface area contributed by atoms with Crippen LogP contribution in [0.3, 0.4) is 0 Å². The molecule has 0 unspecified atom stereocenters. The molecule has 0 spiro atoms. The van der Waals surface area contributed by atoms with Gasteiger partial charge in [-0.2, -0.15) is 0 Å². The third-order valence-corrected chi connectivity index (χ3v) is 1.86. The lowest BCUT2D eigenvalue weighted by atomic mass is 10.0. The summed E-state index contributed by atoms with van der Waals surface area (Å²) in [6, 6.07) is 0. The molecule has 1 N–H and O–H groups in total. The molecule has 0 heterocycles. The minimum atomic E-state index is 0.613. The van der Waals surface area contributed by atoms with Gasteiger partial charge in [-0.3, -0.25) is 0 Å². The van der Waals surface area contributed by atoms with Crippen molar-refractivity contribution >= 4 is 0 Å². The summed E-state index contributed by atoms with van der Waals surface area (Å²) in [5, 5.41) is 3.21. The van der Waals surface area contributed by atoms with Crippen LogP contribution in [0.1, 0.15) is 34.6 Å². The summed E-state index contributed by atoms with van der Waals surface area (Å²) in [6.07, 6.45) is 0. The Hall–Kier alpha value is -0.720. The van der Waals surface area contributed by atoms with E-state index in [1.165, 1.54) is 11.3 Å². The lowest BCUT2D eigenvalue weighted by Crippen LogP contribution is -2.10. The van der Waals surface area contributed by atoms with E-state index in [1.807, 2.05) is 6.92 Å². The zero-order valence-electron chi connectivity index (χ0n) is 8.28. The Morgan fingerprint density at radius 2 is 1.64 bits per heavy atom. The van der Waals surface area contributed by atoms with E-state index in [2.05, 4.69) is 39.6 Å². The van der Waals surface area contributed by atoms with Gasteiger partial charge in [0.1, 0.15) is 0 Å². The highest BCUT2D eigenvalue weighted by Crippen LogP contribution is 2.12. The Labute approximate surface area is 70.2 Å². The number of hydrogen-bond acceptors (Lipinski definition) is 1. The largest absolute Gasteiger partial charge is 0.363 e. The van der Waals surface area contributed by atoms with Gasteiger partial charge in [0.05, 0.1) is 0 Å². The molecule has 0 atom stereocenters. The van der Waals surface area contributed by atoms with Gasteiger partial charge in [0.2, 0.25) is 0 Å². The van der Waals surface area contributed by atoms with E-state index in [1.54, 1.807) is 0 Å². The first-order valence-electron chi connectivity index (χ1n) is 4.05. The minimum absolute atomic E-state index is 0.613. The molecular formula is C10H19N. The first-order chi connectivity index (χ1) is 4.95. The summed E-state index contributed by atoms with van der Waals surface area (Å²) in [7, 11) is 0. The van der Waals surface area contributed by atoms with E-state index >= 15 is 0 Å². The van der Waals surface area contributed by atoms with Crippen molar-refractivity contribution in [3.8, 4) is 0 Å². The molecule has 0 bridgehead atoms. The van der Waals surface area contributed by atoms with Crippen molar-refractivity contribution in [2.45, 2.75) is 34.6 Å². The molecular weight excluding hydrogens is 134 g/mol. The van der Waals surface area contributed by atoms with Crippen LogP contribution in [0.25, 0.3) is 0 Å². The zero-order valence-corrected chi connectivity index (χ0v) is 8.28. The molecule has 1 nitrogen and oxygen atoms in total. The number of allylic oxidation sites excluding steroid dienone is 3. The molecule has 0 fully saturated rings. The Morgan fingerprint density at radius 3 is 1.91 bits per heavy atom. The quantitative estimate of drug-likeness (QED) is 0.657. The van der Waals surface area contributed by atoms with Crippen LogP contribution in [0.4, 0.5) is 0 Å². The van der Waals surface area contributed by atoms with Crippen LogP contribution in [0.15, 0.2) is 23.5 Å². The van der Waals surface area contributed by atoms with Crippen molar-refractivity contribution in [3.05, 3.63) is 23.5 Å². The Morgan fingerprint density at radius 1 is 1.18 bits per heavy atom. The Kier molecular flexibility index (Phi) is 3.94. The maximum atomic E-state index is 3.79. The summed E-state index contributed by atoms with van der Waals surface area (Å²) < 4.78 is 0. The molecule has 0 aromatic carbocycles. The summed E-state index contributed by atoms with van der Waals surface area (Å²) in [5.74, 6) is 0.613. The first kappa shape index (κ1) is 10.3. The van der Waals surface area contributed by atoms with Crippen LogP contribution < -0.4 is 5.32 Å². The molecule has 11 heavy (non-hydrogen) atoms. The Balaban J connectivity index is 4.28. The van der Waals surface area contributed by atoms with Gasteiger partial charge in [-0.05, 0) is 26.7 Å². The highest BCUT2D eigenvalue weighted by molar-refractivity contribution is 5.13. The second-order valence-corrected chi connectivity index (χ2v) is 3.37. The molecule has 0 aliphatic rings. The van der Waals surface area contributed by atoms with Gasteiger partial charge >= 0.3 is 0 Å². The first-order valence-corrected chi connectivity index (χ1v) is 4.05. The molecule has 64 valence electrons. The molecule has 0 saturated carbocycles. The predicted molar refractivity (Wildman–Crippen MR) is 51.2 cm³/mol. The molecule has 0 radical (unpaired) electrons. The van der Waals surface area contributed by atoms with E-state index in [9.17, 15) is 0 Å². The van der Waals surface area contributed by atoms with Gasteiger partial charge in [-0.1, -0.05) is 26.0 Å². The molecule has 0 rings (SSSR count). The van der Waals surface area contributed by atoms with Crippen molar-refractivity contribution in [2.24, 2.45) is 5.92 Å². The topological polar surface area (TPSA) is 12.0 Å². The molecule has 0 aliphatic heterocycles. The average molecular weight is 153 g/mol. The molecule has 0 saturated heterocycles. The summed E-state index contributed by atoms with van der Waals surface area (Å²) in [5.41, 5.74) is 3.63. The monoisotopic (exact) mass is 153 g/mol. The predicted octanol–water partition coefficient (Wildman–Crippen LogP) is 3.06. The third kappa shape index (κ3) is 3.87. The molecule has 0 aromatic rings. The lowest BCUT2D eigenvalue weighted by Gasteiger charge is -2.12. The molecule has 1 heteroatoms. The van der Waals surface area contributed by atoms with Gasteiger partial charge in [0.15, 0.2) is 0 Å². The second-order valence-electron chi connectivity index (χ2n) is 3.37. The fourth-order valence-corrected chi connectivity index (χ4v) is 0.852. The van der Waals surface area contributed by atoms with Crippen molar-refractivity contribution in [3.63, 3.8) is 0 Å². The van der Waals surface area contributed by atoms with Crippen molar-refractivity contribution in [1.82, 2.24) is 5.32 Å². The fourth-order valence-electron chi connectivity index (χ4n) is 0.852. The third-order valence-electron chi connectivity index (χ3n) is 1.86. The minimum Gasteiger partial charge on any atom is -0.363 e. The summed E-state index contributed by atoms with van der Waals surface area (Å²) in [6.45, 7) is 14.4. The van der Waals surface area contributed by atoms with Gasteiger partial charge < -0.3 is 5.32 Å². The van der Waals surface area contributed by atoms with Gasteiger partial charge in [0, 0.05) is 11.4 Å². The van der Waals surface area contributed by atoms with Gasteiger partial charge in [-0.15, -0.1) is 0 Å². The highest BCUT2D eigenvalue weighted by Gasteiger charge is 2.00. The SMILES string of the molecule is C=C(C)N/C(C)=C(/C)C(C)C. The maximum Gasteiger partial charge on any atom is 0.0108 e. The summed E-state index contributed by atoms with van der Waals surface area (Å²) in [4.78, 5) is 0. The van der Waals surface area contributed by atoms with Crippen LogP contribution in [0.5, 0.6) is 0 Å². The van der Waals surface area contributed by atoms with Gasteiger partial charge in [0.25, 0.3) is 0 Å². The van der Waals surface area contributed by atoms with Crippen LogP contribution in [-0.4, -0.2) is 0 Å². The molecule has 0 amide bonds. The molecule has 0 aromatic heterocycles. The van der Waals surface area contributed by atoms with E-state index < -0.39 is 0 Å². The maximum absolute atomic E-state index is 3.79. The number of hydrogen-bond donors (Lipinski definition) is 1. The van der Waals surface area contributed by atoms with Crippen molar-refractivity contribution < 1.29 is 0 Å².